The summed E-state index contributed by atoms with van der Waals surface area (Å²) >= 11 is 3.48. The highest BCUT2D eigenvalue weighted by Crippen LogP contribution is 2.15. The summed E-state index contributed by atoms with van der Waals surface area (Å²) in [4.78, 5) is 29.4. The molecule has 0 saturated heterocycles. The van der Waals surface area contributed by atoms with E-state index in [1.807, 2.05) is 29.3 Å². The smallest absolute Gasteiger partial charge is 0.317 e. The number of nitrogens with one attached hydrogen (secondary N) is 1. The van der Waals surface area contributed by atoms with E-state index in [1.165, 1.54) is 5.56 Å². The second-order valence-corrected chi connectivity index (χ2v) is 9.34. The van der Waals surface area contributed by atoms with Crippen molar-refractivity contribution in [1.82, 2.24) is 19.7 Å². The summed E-state index contributed by atoms with van der Waals surface area (Å²) in [7, 11) is 1.60. The van der Waals surface area contributed by atoms with Crippen LogP contribution in [0, 0.1) is 0 Å². The van der Waals surface area contributed by atoms with E-state index in [0.29, 0.717) is 32.8 Å². The maximum atomic E-state index is 13.3. The molecule has 2 aromatic rings. The predicted octanol–water partition coefficient (Wildman–Crippen LogP) is 4.89. The molecule has 0 spiro atoms. The zero-order chi connectivity index (χ0) is 24.8. The molecule has 2 rings (SSSR count). The van der Waals surface area contributed by atoms with Crippen LogP contribution < -0.4 is 5.32 Å². The van der Waals surface area contributed by atoms with Crippen molar-refractivity contribution in [3.63, 3.8) is 0 Å². The van der Waals surface area contributed by atoms with Crippen LogP contribution in [0.15, 0.2) is 47.1 Å². The summed E-state index contributed by atoms with van der Waals surface area (Å²) < 4.78 is 8.40. The van der Waals surface area contributed by atoms with Crippen LogP contribution in [0.2, 0.25) is 0 Å². The van der Waals surface area contributed by atoms with Crippen LogP contribution in [0.25, 0.3) is 0 Å². The van der Waals surface area contributed by atoms with Crippen molar-refractivity contribution in [1.29, 1.82) is 0 Å². The van der Waals surface area contributed by atoms with Gasteiger partial charge in [0.25, 0.3) is 0 Å². The highest BCUT2D eigenvalue weighted by atomic mass is 79.9. The van der Waals surface area contributed by atoms with Gasteiger partial charge in [0, 0.05) is 49.7 Å². The highest BCUT2D eigenvalue weighted by Gasteiger charge is 2.22. The molecule has 1 N–H and O–H groups in total. The molecular formula is C26H39BrN4O3. The van der Waals surface area contributed by atoms with Gasteiger partial charge in [-0.25, -0.2) is 4.79 Å². The number of urea groups is 1. The Bertz CT molecular complexity index is 869. The Morgan fingerprint density at radius 1 is 1.03 bits per heavy atom. The summed E-state index contributed by atoms with van der Waals surface area (Å²) in [6.45, 7) is 7.52. The van der Waals surface area contributed by atoms with Crippen molar-refractivity contribution in [2.75, 3.05) is 39.9 Å². The molecule has 0 aliphatic rings. The van der Waals surface area contributed by atoms with Gasteiger partial charge in [-0.2, -0.15) is 0 Å². The zero-order valence-corrected chi connectivity index (χ0v) is 22.3. The molecule has 8 heteroatoms. The molecule has 0 radical (unpaired) electrons. The number of hydrogen-bond donors (Lipinski definition) is 1. The molecule has 0 aliphatic heterocycles. The molecule has 7 nitrogen and oxygen atoms in total. The number of hydrogen-bond acceptors (Lipinski definition) is 3. The van der Waals surface area contributed by atoms with Crippen molar-refractivity contribution >= 4 is 27.9 Å². The van der Waals surface area contributed by atoms with Crippen LogP contribution in [0.3, 0.4) is 0 Å². The van der Waals surface area contributed by atoms with Gasteiger partial charge in [-0.15, -0.1) is 0 Å². The summed E-state index contributed by atoms with van der Waals surface area (Å²) in [5, 5.41) is 2.92. The number of carbonyl (C=O) groups is 2. The fraction of sp³-hybridized carbons (Fsp3) is 0.538. The maximum Gasteiger partial charge on any atom is 0.317 e. The average molecular weight is 536 g/mol. The molecule has 188 valence electrons. The van der Waals surface area contributed by atoms with E-state index in [2.05, 4.69) is 57.9 Å². The molecule has 3 amide bonds. The van der Waals surface area contributed by atoms with Gasteiger partial charge in [0.05, 0.1) is 13.2 Å². The van der Waals surface area contributed by atoms with Gasteiger partial charge in [-0.3, -0.25) is 4.79 Å². The topological polar surface area (TPSA) is 66.8 Å². The van der Waals surface area contributed by atoms with Crippen molar-refractivity contribution in [2.24, 2.45) is 0 Å². The molecule has 1 aromatic carbocycles. The molecule has 1 heterocycles. The number of unbranched alkanes of at least 4 members (excludes halogenated alkanes) is 2. The Balaban J connectivity index is 2.10. The molecule has 0 fully saturated rings. The third-order valence-corrected chi connectivity index (χ3v) is 6.19. The SMILES string of the molecule is CCCCNC(=O)N(CCOC)CC(=O)N(CCCC)Cc1cccn1Cc1ccc(Br)cc1. The fourth-order valence-electron chi connectivity index (χ4n) is 3.57. The number of benzene rings is 1. The van der Waals surface area contributed by atoms with Crippen LogP contribution in [-0.4, -0.2) is 66.2 Å². The van der Waals surface area contributed by atoms with E-state index in [9.17, 15) is 9.59 Å². The van der Waals surface area contributed by atoms with E-state index in [-0.39, 0.29) is 18.5 Å². The number of rotatable bonds is 15. The number of ether oxygens (including phenoxy) is 1. The summed E-state index contributed by atoms with van der Waals surface area (Å²) in [5.41, 5.74) is 2.27. The Kier molecular flexibility index (Phi) is 12.8. The normalized spacial score (nSPS) is 10.8. The molecule has 0 bridgehead atoms. The first-order valence-electron chi connectivity index (χ1n) is 12.2. The minimum Gasteiger partial charge on any atom is -0.383 e. The lowest BCUT2D eigenvalue weighted by Crippen LogP contribution is -2.48. The third-order valence-electron chi connectivity index (χ3n) is 5.66. The van der Waals surface area contributed by atoms with Crippen molar-refractivity contribution in [3.8, 4) is 0 Å². The lowest BCUT2D eigenvalue weighted by molar-refractivity contribution is -0.132. The maximum absolute atomic E-state index is 13.3. The van der Waals surface area contributed by atoms with Gasteiger partial charge in [0.15, 0.2) is 0 Å². The molecule has 0 unspecified atom stereocenters. The van der Waals surface area contributed by atoms with Gasteiger partial charge in [-0.1, -0.05) is 54.8 Å². The van der Waals surface area contributed by atoms with E-state index < -0.39 is 0 Å². The van der Waals surface area contributed by atoms with E-state index in [0.717, 1.165) is 42.4 Å². The Morgan fingerprint density at radius 2 is 1.76 bits per heavy atom. The molecule has 1 aromatic heterocycles. The fourth-order valence-corrected chi connectivity index (χ4v) is 3.84. The highest BCUT2D eigenvalue weighted by molar-refractivity contribution is 9.10. The Labute approximate surface area is 212 Å². The first-order chi connectivity index (χ1) is 16.5. The van der Waals surface area contributed by atoms with Crippen LogP contribution in [-0.2, 0) is 22.6 Å². The molecular weight excluding hydrogens is 496 g/mol. The lowest BCUT2D eigenvalue weighted by atomic mass is 10.2. The molecule has 34 heavy (non-hydrogen) atoms. The Hall–Kier alpha value is -2.32. The lowest BCUT2D eigenvalue weighted by Gasteiger charge is -2.28. The number of nitrogens with zero attached hydrogens (tertiary/aromatic N) is 3. The first-order valence-corrected chi connectivity index (χ1v) is 13.0. The second-order valence-electron chi connectivity index (χ2n) is 8.42. The minimum atomic E-state index is -0.215. The number of methoxy groups -OCH3 is 1. The zero-order valence-electron chi connectivity index (χ0n) is 20.8. The van der Waals surface area contributed by atoms with E-state index in [4.69, 9.17) is 4.74 Å². The quantitative estimate of drug-likeness (QED) is 0.331. The van der Waals surface area contributed by atoms with Crippen molar-refractivity contribution < 1.29 is 14.3 Å². The minimum absolute atomic E-state index is 0.0401. The van der Waals surface area contributed by atoms with Crippen molar-refractivity contribution in [2.45, 2.75) is 52.6 Å². The number of aromatic nitrogens is 1. The van der Waals surface area contributed by atoms with Crippen molar-refractivity contribution in [3.05, 3.63) is 58.3 Å². The monoisotopic (exact) mass is 534 g/mol. The van der Waals surface area contributed by atoms with Crippen LogP contribution >= 0.6 is 15.9 Å². The summed E-state index contributed by atoms with van der Waals surface area (Å²) in [6, 6.07) is 12.1. The molecule has 0 aliphatic carbocycles. The van der Waals surface area contributed by atoms with Gasteiger partial charge in [-0.05, 0) is 42.7 Å². The van der Waals surface area contributed by atoms with Gasteiger partial charge < -0.3 is 24.4 Å². The van der Waals surface area contributed by atoms with Gasteiger partial charge >= 0.3 is 6.03 Å². The second kappa shape index (κ2) is 15.6. The van der Waals surface area contributed by atoms with Crippen LogP contribution in [0.1, 0.15) is 50.8 Å². The predicted molar refractivity (Wildman–Crippen MR) is 140 cm³/mol. The molecule has 0 saturated carbocycles. The number of carbonyl (C=O) groups excluding carboxylic acids is 2. The van der Waals surface area contributed by atoms with Crippen LogP contribution in [0.4, 0.5) is 4.79 Å². The summed E-state index contributed by atoms with van der Waals surface area (Å²) in [5.74, 6) is -0.0495. The summed E-state index contributed by atoms with van der Waals surface area (Å²) in [6.07, 6.45) is 5.87. The number of halogens is 1. The standard InChI is InChI=1S/C26H39BrN4O3/c1-4-6-14-28-26(33)31(17-18-34-3)21-25(32)30(15-7-5-2)20-24-9-8-16-29(24)19-22-10-12-23(27)13-11-22/h8-13,16H,4-7,14-15,17-21H2,1-3H3,(H,28,33). The van der Waals surface area contributed by atoms with E-state index >= 15 is 0 Å². The largest absolute Gasteiger partial charge is 0.383 e. The van der Waals surface area contributed by atoms with Gasteiger partial charge in [0.2, 0.25) is 5.91 Å². The van der Waals surface area contributed by atoms with Crippen LogP contribution in [0.5, 0.6) is 0 Å². The average Bonchev–Trinajstić information content (AvgIpc) is 3.27. The third kappa shape index (κ3) is 9.50. The van der Waals surface area contributed by atoms with E-state index in [1.54, 1.807) is 12.0 Å². The van der Waals surface area contributed by atoms with Gasteiger partial charge in [0.1, 0.15) is 6.54 Å². The Morgan fingerprint density at radius 3 is 2.44 bits per heavy atom. The number of amides is 3. The first kappa shape index (κ1) is 27.9. The molecule has 0 atom stereocenters.